The van der Waals surface area contributed by atoms with E-state index in [0.717, 1.165) is 61.1 Å². The van der Waals surface area contributed by atoms with Crippen LogP contribution < -0.4 is 0 Å². The van der Waals surface area contributed by atoms with Crippen LogP contribution in [-0.4, -0.2) is 24.9 Å². The Balaban J connectivity index is 1.36. The first kappa shape index (κ1) is 24.8. The lowest BCUT2D eigenvalue weighted by Crippen LogP contribution is -2.00. The molecule has 0 fully saturated rings. The maximum Gasteiger partial charge on any atom is 0.164 e. The molecule has 202 valence electrons. The SMILES string of the molecule is c1ccc(-c2nc(-c3ccccc3)nc(-c3ccc4oc5c(-c6ccccn6)cc(-c6ccccn6)cc5c4c3)n2)cc1. The molecule has 43 heavy (non-hydrogen) atoms. The molecule has 8 aromatic rings. The molecule has 0 unspecified atom stereocenters. The molecule has 0 aliphatic rings. The molecule has 0 saturated carbocycles. The highest BCUT2D eigenvalue weighted by molar-refractivity contribution is 6.11. The molecule has 0 radical (unpaired) electrons. The van der Waals surface area contributed by atoms with Gasteiger partial charge >= 0.3 is 0 Å². The highest BCUT2D eigenvalue weighted by Gasteiger charge is 2.18. The molecule has 4 aromatic carbocycles. The monoisotopic (exact) mass is 553 g/mol. The number of benzene rings is 4. The number of aromatic nitrogens is 5. The van der Waals surface area contributed by atoms with E-state index in [1.165, 1.54) is 0 Å². The van der Waals surface area contributed by atoms with Gasteiger partial charge < -0.3 is 4.42 Å². The van der Waals surface area contributed by atoms with Crippen LogP contribution in [0, 0.1) is 0 Å². The summed E-state index contributed by atoms with van der Waals surface area (Å²) in [6, 6.07) is 42.1. The Morgan fingerprint density at radius 2 is 0.977 bits per heavy atom. The zero-order valence-electron chi connectivity index (χ0n) is 22.9. The minimum Gasteiger partial charge on any atom is -0.455 e. The molecule has 4 aromatic heterocycles. The van der Waals surface area contributed by atoms with Gasteiger partial charge in [0.15, 0.2) is 17.5 Å². The van der Waals surface area contributed by atoms with E-state index in [9.17, 15) is 0 Å². The predicted molar refractivity (Wildman–Crippen MR) is 170 cm³/mol. The molecule has 0 spiro atoms. The number of furan rings is 1. The third-order valence-electron chi connectivity index (χ3n) is 7.43. The van der Waals surface area contributed by atoms with Gasteiger partial charge in [-0.3, -0.25) is 9.97 Å². The molecular weight excluding hydrogens is 530 g/mol. The summed E-state index contributed by atoms with van der Waals surface area (Å²) in [4.78, 5) is 24.0. The van der Waals surface area contributed by atoms with Gasteiger partial charge in [-0.05, 0) is 54.6 Å². The third kappa shape index (κ3) is 4.61. The molecule has 4 heterocycles. The Kier molecular flexibility index (Phi) is 6.01. The Morgan fingerprint density at radius 1 is 0.419 bits per heavy atom. The average Bonchev–Trinajstić information content (AvgIpc) is 3.47. The maximum absolute atomic E-state index is 6.49. The van der Waals surface area contributed by atoms with Crippen molar-refractivity contribution in [3.63, 3.8) is 0 Å². The highest BCUT2D eigenvalue weighted by Crippen LogP contribution is 2.40. The fourth-order valence-electron chi connectivity index (χ4n) is 5.35. The van der Waals surface area contributed by atoms with E-state index in [1.54, 1.807) is 12.4 Å². The van der Waals surface area contributed by atoms with Crippen molar-refractivity contribution in [3.8, 4) is 56.7 Å². The molecule has 0 aliphatic carbocycles. The molecule has 0 aliphatic heterocycles. The third-order valence-corrected chi connectivity index (χ3v) is 7.43. The number of fused-ring (bicyclic) bond motifs is 3. The molecule has 6 nitrogen and oxygen atoms in total. The molecule has 0 saturated heterocycles. The van der Waals surface area contributed by atoms with Crippen LogP contribution in [-0.2, 0) is 0 Å². The second-order valence-electron chi connectivity index (χ2n) is 10.2. The summed E-state index contributed by atoms with van der Waals surface area (Å²) >= 11 is 0. The fraction of sp³-hybridized carbons (Fsp3) is 0. The maximum atomic E-state index is 6.49. The van der Waals surface area contributed by atoms with Crippen LogP contribution in [0.1, 0.15) is 0 Å². The van der Waals surface area contributed by atoms with Crippen LogP contribution in [0.4, 0.5) is 0 Å². The van der Waals surface area contributed by atoms with Crippen LogP contribution in [0.2, 0.25) is 0 Å². The summed E-state index contributed by atoms with van der Waals surface area (Å²) < 4.78 is 6.49. The first-order chi connectivity index (χ1) is 21.3. The first-order valence-corrected chi connectivity index (χ1v) is 14.0. The lowest BCUT2D eigenvalue weighted by molar-refractivity contribution is 0.670. The Morgan fingerprint density at radius 3 is 1.58 bits per heavy atom. The smallest absolute Gasteiger partial charge is 0.164 e. The zero-order valence-corrected chi connectivity index (χ0v) is 22.9. The lowest BCUT2D eigenvalue weighted by Gasteiger charge is -2.08. The van der Waals surface area contributed by atoms with Crippen LogP contribution >= 0.6 is 0 Å². The van der Waals surface area contributed by atoms with Gasteiger partial charge in [0.1, 0.15) is 11.2 Å². The van der Waals surface area contributed by atoms with Gasteiger partial charge in [-0.15, -0.1) is 0 Å². The normalized spacial score (nSPS) is 11.3. The van der Waals surface area contributed by atoms with Crippen LogP contribution in [0.5, 0.6) is 0 Å². The van der Waals surface area contributed by atoms with Crippen molar-refractivity contribution >= 4 is 21.9 Å². The van der Waals surface area contributed by atoms with Crippen molar-refractivity contribution in [1.29, 1.82) is 0 Å². The Hall–Kier alpha value is -6.01. The van der Waals surface area contributed by atoms with Gasteiger partial charge in [0.25, 0.3) is 0 Å². The minimum atomic E-state index is 0.592. The molecule has 0 atom stereocenters. The molecule has 8 rings (SSSR count). The van der Waals surface area contributed by atoms with E-state index >= 15 is 0 Å². The van der Waals surface area contributed by atoms with Gasteiger partial charge in [-0.25, -0.2) is 15.0 Å². The summed E-state index contributed by atoms with van der Waals surface area (Å²) in [5, 5.41) is 1.94. The van der Waals surface area contributed by atoms with E-state index in [0.29, 0.717) is 17.5 Å². The summed E-state index contributed by atoms with van der Waals surface area (Å²) in [6.45, 7) is 0. The molecule has 6 heteroatoms. The minimum absolute atomic E-state index is 0.592. The standard InChI is InChI=1S/C37H23N5O/c1-3-11-24(12-4-1)35-40-36(25-13-5-2-6-14-25)42-37(41-35)26-17-18-33-28(21-26)29-22-27(31-15-7-9-19-38-31)23-30(34(29)43-33)32-16-8-10-20-39-32/h1-23H. The predicted octanol–water partition coefficient (Wildman–Crippen LogP) is 8.90. The van der Waals surface area contributed by atoms with Crippen molar-refractivity contribution < 1.29 is 4.42 Å². The number of rotatable bonds is 5. The number of pyridine rings is 2. The summed E-state index contributed by atoms with van der Waals surface area (Å²) in [5.74, 6) is 1.84. The van der Waals surface area contributed by atoms with Gasteiger partial charge in [0.05, 0.1) is 11.4 Å². The zero-order chi connectivity index (χ0) is 28.6. The van der Waals surface area contributed by atoms with Crippen LogP contribution in [0.3, 0.4) is 0 Å². The highest BCUT2D eigenvalue weighted by atomic mass is 16.3. The molecule has 0 N–H and O–H groups in total. The van der Waals surface area contributed by atoms with Crippen molar-refractivity contribution in [2.24, 2.45) is 0 Å². The van der Waals surface area contributed by atoms with E-state index in [4.69, 9.17) is 19.4 Å². The van der Waals surface area contributed by atoms with Crippen molar-refractivity contribution in [2.75, 3.05) is 0 Å². The van der Waals surface area contributed by atoms with E-state index in [-0.39, 0.29) is 0 Å². The number of hydrogen-bond acceptors (Lipinski definition) is 6. The average molecular weight is 554 g/mol. The topological polar surface area (TPSA) is 77.6 Å². The summed E-state index contributed by atoms with van der Waals surface area (Å²) in [7, 11) is 0. The van der Waals surface area contributed by atoms with Crippen LogP contribution in [0.25, 0.3) is 78.6 Å². The van der Waals surface area contributed by atoms with E-state index in [1.807, 2.05) is 109 Å². The van der Waals surface area contributed by atoms with E-state index in [2.05, 4.69) is 28.2 Å². The van der Waals surface area contributed by atoms with Crippen molar-refractivity contribution in [3.05, 3.63) is 140 Å². The quantitative estimate of drug-likeness (QED) is 0.212. The van der Waals surface area contributed by atoms with Crippen LogP contribution in [0.15, 0.2) is 144 Å². The molecule has 0 bridgehead atoms. The van der Waals surface area contributed by atoms with Crippen molar-refractivity contribution in [1.82, 2.24) is 24.9 Å². The fourth-order valence-corrected chi connectivity index (χ4v) is 5.35. The Labute approximate surface area is 247 Å². The Bertz CT molecular complexity index is 2160. The summed E-state index contributed by atoms with van der Waals surface area (Å²) in [6.07, 6.45) is 3.60. The van der Waals surface area contributed by atoms with Gasteiger partial charge in [0, 0.05) is 51.0 Å². The lowest BCUT2D eigenvalue weighted by atomic mass is 9.99. The van der Waals surface area contributed by atoms with Gasteiger partial charge in [-0.1, -0.05) is 72.8 Å². The molecule has 0 amide bonds. The van der Waals surface area contributed by atoms with Gasteiger partial charge in [-0.2, -0.15) is 0 Å². The largest absolute Gasteiger partial charge is 0.455 e. The number of hydrogen-bond donors (Lipinski definition) is 0. The van der Waals surface area contributed by atoms with E-state index < -0.39 is 0 Å². The summed E-state index contributed by atoms with van der Waals surface area (Å²) in [5.41, 5.74) is 7.89. The second kappa shape index (κ2) is 10.4. The van der Waals surface area contributed by atoms with Gasteiger partial charge in [0.2, 0.25) is 0 Å². The first-order valence-electron chi connectivity index (χ1n) is 14.0. The number of nitrogens with zero attached hydrogens (tertiary/aromatic N) is 5. The molecular formula is C37H23N5O. The second-order valence-corrected chi connectivity index (χ2v) is 10.2. The van der Waals surface area contributed by atoms with Crippen molar-refractivity contribution in [2.45, 2.75) is 0 Å².